The van der Waals surface area contributed by atoms with Crippen molar-refractivity contribution in [1.29, 1.82) is 5.41 Å². The fourth-order valence-corrected chi connectivity index (χ4v) is 0.709. The molecule has 0 rings (SSSR count). The van der Waals surface area contributed by atoms with E-state index in [0.29, 0.717) is 12.8 Å². The molecule has 0 aliphatic heterocycles. The van der Waals surface area contributed by atoms with E-state index < -0.39 is 5.91 Å². The molecule has 0 atom stereocenters. The van der Waals surface area contributed by atoms with Crippen molar-refractivity contribution in [2.45, 2.75) is 26.2 Å². The van der Waals surface area contributed by atoms with Crippen molar-refractivity contribution < 1.29 is 9.63 Å². The van der Waals surface area contributed by atoms with Crippen molar-refractivity contribution in [3.63, 3.8) is 0 Å². The van der Waals surface area contributed by atoms with Crippen molar-refractivity contribution in [3.8, 4) is 0 Å². The van der Waals surface area contributed by atoms with Gasteiger partial charge in [-0.05, 0) is 19.3 Å². The maximum atomic E-state index is 10.5. The lowest BCUT2D eigenvalue weighted by Crippen LogP contribution is -2.24. The number of unbranched alkanes of at least 4 members (excludes halogenated alkanes) is 1. The molecule has 4 nitrogen and oxygen atoms in total. The molecular weight excluding hydrogens is 168 g/mol. The minimum Gasteiger partial charge on any atom is -0.303 e. The quantitative estimate of drug-likeness (QED) is 0.272. The SMILES string of the molecule is CC/C=C/CCCONC(=O)C=N. The van der Waals surface area contributed by atoms with E-state index in [0.717, 1.165) is 19.3 Å². The topological polar surface area (TPSA) is 62.2 Å². The predicted molar refractivity (Wildman–Crippen MR) is 51.5 cm³/mol. The summed E-state index contributed by atoms with van der Waals surface area (Å²) < 4.78 is 0. The molecule has 0 aromatic heterocycles. The zero-order chi connectivity index (χ0) is 9.94. The van der Waals surface area contributed by atoms with E-state index >= 15 is 0 Å². The normalized spacial score (nSPS) is 10.2. The maximum Gasteiger partial charge on any atom is 0.285 e. The Balaban J connectivity index is 3.12. The summed E-state index contributed by atoms with van der Waals surface area (Å²) in [6.07, 6.45) is 7.73. The molecule has 4 heteroatoms. The van der Waals surface area contributed by atoms with Crippen LogP contribution in [-0.4, -0.2) is 18.7 Å². The van der Waals surface area contributed by atoms with Gasteiger partial charge in [-0.1, -0.05) is 19.1 Å². The lowest BCUT2D eigenvalue weighted by Gasteiger charge is -2.00. The summed E-state index contributed by atoms with van der Waals surface area (Å²) in [5.74, 6) is -0.524. The van der Waals surface area contributed by atoms with Gasteiger partial charge in [0.25, 0.3) is 5.91 Å². The summed E-state index contributed by atoms with van der Waals surface area (Å²) in [5.41, 5.74) is 2.12. The zero-order valence-electron chi connectivity index (χ0n) is 7.88. The molecule has 1 amide bonds. The zero-order valence-corrected chi connectivity index (χ0v) is 7.88. The first-order valence-electron chi connectivity index (χ1n) is 4.38. The number of hydroxylamine groups is 1. The van der Waals surface area contributed by atoms with Gasteiger partial charge in [0.15, 0.2) is 0 Å². The lowest BCUT2D eigenvalue weighted by molar-refractivity contribution is -0.126. The van der Waals surface area contributed by atoms with E-state index in [1.807, 2.05) is 0 Å². The fraction of sp³-hybridized carbons (Fsp3) is 0.556. The van der Waals surface area contributed by atoms with Gasteiger partial charge in [0.2, 0.25) is 0 Å². The molecule has 0 spiro atoms. The third kappa shape index (κ3) is 8.75. The Morgan fingerprint density at radius 2 is 2.31 bits per heavy atom. The molecule has 0 aliphatic rings. The van der Waals surface area contributed by atoms with Crippen LogP contribution in [0.15, 0.2) is 12.2 Å². The van der Waals surface area contributed by atoms with E-state index in [1.54, 1.807) is 0 Å². The minimum atomic E-state index is -0.524. The van der Waals surface area contributed by atoms with Crippen LogP contribution in [-0.2, 0) is 9.63 Å². The number of amides is 1. The van der Waals surface area contributed by atoms with Gasteiger partial charge in [0, 0.05) is 0 Å². The number of hydrogen-bond donors (Lipinski definition) is 2. The number of carbonyl (C=O) groups is 1. The highest BCUT2D eigenvalue weighted by molar-refractivity contribution is 6.24. The van der Waals surface area contributed by atoms with Gasteiger partial charge >= 0.3 is 0 Å². The molecule has 0 heterocycles. The van der Waals surface area contributed by atoms with Crippen LogP contribution in [0.3, 0.4) is 0 Å². The Kier molecular flexibility index (Phi) is 8.14. The number of rotatable bonds is 7. The molecular formula is C9H16N2O2. The first kappa shape index (κ1) is 11.8. The highest BCUT2D eigenvalue weighted by Crippen LogP contribution is 1.92. The number of hydrogen-bond acceptors (Lipinski definition) is 3. The van der Waals surface area contributed by atoms with Crippen LogP contribution in [0.2, 0.25) is 0 Å². The fourth-order valence-electron chi connectivity index (χ4n) is 0.709. The van der Waals surface area contributed by atoms with Crippen LogP contribution in [0.25, 0.3) is 0 Å². The Labute approximate surface area is 78.4 Å². The van der Waals surface area contributed by atoms with E-state index in [4.69, 9.17) is 10.2 Å². The second-order valence-corrected chi connectivity index (χ2v) is 2.48. The Bertz CT molecular complexity index is 178. The summed E-state index contributed by atoms with van der Waals surface area (Å²) in [6, 6.07) is 0. The van der Waals surface area contributed by atoms with Crippen molar-refractivity contribution in [1.82, 2.24) is 5.48 Å². The van der Waals surface area contributed by atoms with Crippen molar-refractivity contribution in [2.24, 2.45) is 0 Å². The van der Waals surface area contributed by atoms with Crippen LogP contribution < -0.4 is 5.48 Å². The Morgan fingerprint density at radius 3 is 2.92 bits per heavy atom. The van der Waals surface area contributed by atoms with Gasteiger partial charge in [0.1, 0.15) is 0 Å². The van der Waals surface area contributed by atoms with Gasteiger partial charge in [-0.15, -0.1) is 0 Å². The third-order valence-corrected chi connectivity index (χ3v) is 1.32. The standard InChI is InChI=1S/C9H16N2O2/c1-2-3-4-5-6-7-13-11-9(12)8-10/h3-4,8,10H,2,5-7H2,1H3,(H,11,12)/b4-3+,10-8?. The molecule has 74 valence electrons. The molecule has 0 saturated heterocycles. The first-order valence-corrected chi connectivity index (χ1v) is 4.38. The molecule has 13 heavy (non-hydrogen) atoms. The smallest absolute Gasteiger partial charge is 0.285 e. The summed E-state index contributed by atoms with van der Waals surface area (Å²) in [4.78, 5) is 15.2. The van der Waals surface area contributed by atoms with Crippen molar-refractivity contribution in [2.75, 3.05) is 6.61 Å². The third-order valence-electron chi connectivity index (χ3n) is 1.32. The second-order valence-electron chi connectivity index (χ2n) is 2.48. The monoisotopic (exact) mass is 184 g/mol. The summed E-state index contributed by atoms with van der Waals surface area (Å²) in [5, 5.41) is 6.55. The Morgan fingerprint density at radius 1 is 1.54 bits per heavy atom. The lowest BCUT2D eigenvalue weighted by atomic mass is 10.3. The van der Waals surface area contributed by atoms with Gasteiger partial charge < -0.3 is 5.41 Å². The average Bonchev–Trinajstić information content (AvgIpc) is 2.16. The van der Waals surface area contributed by atoms with Crippen LogP contribution >= 0.6 is 0 Å². The van der Waals surface area contributed by atoms with E-state index in [2.05, 4.69) is 24.6 Å². The first-order chi connectivity index (χ1) is 6.31. The molecule has 0 fully saturated rings. The highest BCUT2D eigenvalue weighted by Gasteiger charge is 1.92. The minimum absolute atomic E-state index is 0.480. The molecule has 0 unspecified atom stereocenters. The maximum absolute atomic E-state index is 10.5. The molecule has 0 saturated carbocycles. The largest absolute Gasteiger partial charge is 0.303 e. The molecule has 0 aromatic rings. The van der Waals surface area contributed by atoms with E-state index in [-0.39, 0.29) is 0 Å². The molecule has 2 N–H and O–H groups in total. The molecule has 0 aromatic carbocycles. The van der Waals surface area contributed by atoms with Crippen molar-refractivity contribution in [3.05, 3.63) is 12.2 Å². The summed E-state index contributed by atoms with van der Waals surface area (Å²) in [7, 11) is 0. The molecule has 0 bridgehead atoms. The van der Waals surface area contributed by atoms with Crippen LogP contribution in [0, 0.1) is 5.41 Å². The number of carbonyl (C=O) groups excluding carboxylic acids is 1. The van der Waals surface area contributed by atoms with Gasteiger partial charge in [-0.3, -0.25) is 9.63 Å². The molecule has 0 aliphatic carbocycles. The average molecular weight is 184 g/mol. The predicted octanol–water partition coefficient (Wildman–Crippen LogP) is 1.43. The van der Waals surface area contributed by atoms with Crippen LogP contribution in [0.4, 0.5) is 0 Å². The molecule has 0 radical (unpaired) electrons. The van der Waals surface area contributed by atoms with Gasteiger partial charge in [-0.25, -0.2) is 5.48 Å². The second kappa shape index (κ2) is 8.93. The van der Waals surface area contributed by atoms with Crippen molar-refractivity contribution >= 4 is 12.1 Å². The van der Waals surface area contributed by atoms with Gasteiger partial charge in [-0.2, -0.15) is 0 Å². The van der Waals surface area contributed by atoms with Crippen LogP contribution in [0.5, 0.6) is 0 Å². The highest BCUT2D eigenvalue weighted by atomic mass is 16.6. The number of nitrogens with one attached hydrogen (secondary N) is 2. The Hall–Kier alpha value is -1.16. The number of allylic oxidation sites excluding steroid dienone is 2. The summed E-state index contributed by atoms with van der Waals surface area (Å²) in [6.45, 7) is 2.56. The summed E-state index contributed by atoms with van der Waals surface area (Å²) >= 11 is 0. The van der Waals surface area contributed by atoms with Crippen LogP contribution in [0.1, 0.15) is 26.2 Å². The van der Waals surface area contributed by atoms with E-state index in [9.17, 15) is 4.79 Å². The van der Waals surface area contributed by atoms with Gasteiger partial charge in [0.05, 0.1) is 12.8 Å². The van der Waals surface area contributed by atoms with E-state index in [1.165, 1.54) is 0 Å².